The molecule has 1 saturated carbocycles. The number of pyridine rings is 1. The lowest BCUT2D eigenvalue weighted by Gasteiger charge is -2.41. The van der Waals surface area contributed by atoms with Crippen molar-refractivity contribution in [1.82, 2.24) is 15.2 Å². The molecule has 1 N–H and O–H groups in total. The number of rotatable bonds is 15. The van der Waals surface area contributed by atoms with Crippen LogP contribution in [0.25, 0.3) is 0 Å². The van der Waals surface area contributed by atoms with Crippen LogP contribution in [-0.4, -0.2) is 84.7 Å². The van der Waals surface area contributed by atoms with Gasteiger partial charge in [-0.3, -0.25) is 28.9 Å². The summed E-state index contributed by atoms with van der Waals surface area (Å²) in [7, 11) is 0. The number of nitrogens with one attached hydrogen (secondary N) is 1. The number of nitrogens with zero attached hydrogens (tertiary/aromatic N) is 3. The van der Waals surface area contributed by atoms with Crippen molar-refractivity contribution >= 4 is 35.5 Å². The molecule has 0 bridgehead atoms. The van der Waals surface area contributed by atoms with Gasteiger partial charge < -0.3 is 28.8 Å². The summed E-state index contributed by atoms with van der Waals surface area (Å²) in [5.74, 6) is -2.10. The lowest BCUT2D eigenvalue weighted by atomic mass is 9.69. The molecular weight excluding hydrogens is 632 g/mol. The van der Waals surface area contributed by atoms with E-state index in [2.05, 4.69) is 15.2 Å². The minimum Gasteiger partial charge on any atom is -0.465 e. The van der Waals surface area contributed by atoms with Gasteiger partial charge in [0.05, 0.1) is 12.2 Å². The number of esters is 3. The number of aromatic nitrogens is 1. The van der Waals surface area contributed by atoms with Crippen molar-refractivity contribution in [1.29, 1.82) is 0 Å². The first-order valence-corrected chi connectivity index (χ1v) is 17.2. The lowest BCUT2D eigenvalue weighted by Crippen LogP contribution is -2.49. The predicted octanol–water partition coefficient (Wildman–Crippen LogP) is 4.57. The second kappa shape index (κ2) is 17.9. The van der Waals surface area contributed by atoms with E-state index in [1.165, 1.54) is 27.0 Å². The number of carbonyl (C=O) groups is 5. The third-order valence-electron chi connectivity index (χ3n) is 9.45. The number of ether oxygens (including phenoxy) is 3. The molecule has 13 nitrogen and oxygen atoms in total. The molecule has 0 radical (unpaired) electrons. The summed E-state index contributed by atoms with van der Waals surface area (Å²) in [6.07, 6.45) is 9.71. The Hall–Kier alpha value is -4.26. The first-order valence-electron chi connectivity index (χ1n) is 17.2. The Labute approximate surface area is 288 Å². The van der Waals surface area contributed by atoms with Crippen LogP contribution in [0.15, 0.2) is 41.1 Å². The second-order valence-electron chi connectivity index (χ2n) is 13.4. The van der Waals surface area contributed by atoms with Crippen molar-refractivity contribution in [3.63, 3.8) is 0 Å². The normalized spacial score (nSPS) is 17.2. The molecule has 1 aliphatic carbocycles. The summed E-state index contributed by atoms with van der Waals surface area (Å²) in [5, 5.41) is 2.84. The van der Waals surface area contributed by atoms with E-state index in [-0.39, 0.29) is 48.7 Å². The number of carbonyl (C=O) groups excluding carboxylic acids is 5. The summed E-state index contributed by atoms with van der Waals surface area (Å²) in [5.41, 5.74) is 0.786. The Balaban J connectivity index is 1.39. The first kappa shape index (κ1) is 37.6. The predicted molar refractivity (Wildman–Crippen MR) is 179 cm³/mol. The van der Waals surface area contributed by atoms with Crippen LogP contribution >= 0.6 is 0 Å². The number of furan rings is 1. The molecule has 49 heavy (non-hydrogen) atoms. The van der Waals surface area contributed by atoms with Gasteiger partial charge in [-0.25, -0.2) is 4.98 Å². The van der Waals surface area contributed by atoms with Gasteiger partial charge >= 0.3 is 17.9 Å². The number of anilines is 1. The Morgan fingerprint density at radius 2 is 1.65 bits per heavy atom. The van der Waals surface area contributed by atoms with E-state index >= 15 is 0 Å². The van der Waals surface area contributed by atoms with E-state index in [9.17, 15) is 24.0 Å². The number of piperidine rings is 1. The van der Waals surface area contributed by atoms with Gasteiger partial charge in [-0.15, -0.1) is 0 Å². The average Bonchev–Trinajstić information content (AvgIpc) is 3.61. The summed E-state index contributed by atoms with van der Waals surface area (Å²) in [6, 6.07) is 7.17. The van der Waals surface area contributed by atoms with Gasteiger partial charge in [0.2, 0.25) is 5.91 Å². The largest absolute Gasteiger partial charge is 0.465 e. The zero-order valence-corrected chi connectivity index (χ0v) is 29.1. The zero-order chi connectivity index (χ0) is 35.4. The van der Waals surface area contributed by atoms with E-state index in [4.69, 9.17) is 18.6 Å². The Bertz CT molecular complexity index is 1380. The zero-order valence-electron chi connectivity index (χ0n) is 29.1. The highest BCUT2D eigenvalue weighted by molar-refractivity contribution is 6.04. The third-order valence-corrected chi connectivity index (χ3v) is 9.45. The van der Waals surface area contributed by atoms with Crippen molar-refractivity contribution in [2.45, 2.75) is 97.8 Å². The van der Waals surface area contributed by atoms with Gasteiger partial charge in [-0.2, -0.15) is 0 Å². The van der Waals surface area contributed by atoms with Crippen LogP contribution in [0.2, 0.25) is 0 Å². The smallest absolute Gasteiger partial charge is 0.304 e. The number of amides is 2. The van der Waals surface area contributed by atoms with Gasteiger partial charge in [0.25, 0.3) is 5.91 Å². The number of aryl methyl sites for hydroxylation is 1. The highest BCUT2D eigenvalue weighted by Crippen LogP contribution is 2.43. The lowest BCUT2D eigenvalue weighted by molar-refractivity contribution is -0.161. The van der Waals surface area contributed by atoms with Gasteiger partial charge in [0, 0.05) is 52.5 Å². The van der Waals surface area contributed by atoms with E-state index in [0.29, 0.717) is 5.82 Å². The molecule has 3 heterocycles. The molecule has 2 aliphatic rings. The minimum atomic E-state index is -1.14. The van der Waals surface area contributed by atoms with Crippen molar-refractivity contribution in [3.05, 3.63) is 48.0 Å². The van der Waals surface area contributed by atoms with E-state index in [1.54, 1.807) is 23.2 Å². The van der Waals surface area contributed by atoms with E-state index in [0.717, 1.165) is 76.6 Å². The third kappa shape index (κ3) is 11.4. The van der Waals surface area contributed by atoms with E-state index < -0.39 is 30.1 Å². The number of hydrogen-bond donors (Lipinski definition) is 1. The maximum absolute atomic E-state index is 13.6. The fourth-order valence-electron chi connectivity index (χ4n) is 6.84. The molecular formula is C36H50N4O9. The van der Waals surface area contributed by atoms with Crippen LogP contribution in [0, 0.1) is 18.3 Å². The molecule has 1 unspecified atom stereocenters. The Morgan fingerprint density at radius 3 is 2.20 bits per heavy atom. The highest BCUT2D eigenvalue weighted by atomic mass is 16.6. The summed E-state index contributed by atoms with van der Waals surface area (Å²) in [6.45, 7) is 7.67. The molecule has 2 aromatic heterocycles. The second-order valence-corrected chi connectivity index (χ2v) is 13.4. The average molecular weight is 683 g/mol. The molecule has 2 amide bonds. The van der Waals surface area contributed by atoms with Gasteiger partial charge in [0.1, 0.15) is 19.0 Å². The summed E-state index contributed by atoms with van der Waals surface area (Å²) < 4.78 is 21.2. The van der Waals surface area contributed by atoms with Crippen molar-refractivity contribution < 1.29 is 42.6 Å². The molecule has 2 fully saturated rings. The molecule has 2 aromatic rings. The van der Waals surface area contributed by atoms with Gasteiger partial charge in [-0.1, -0.05) is 25.3 Å². The Morgan fingerprint density at radius 1 is 0.980 bits per heavy atom. The van der Waals surface area contributed by atoms with Crippen LogP contribution < -0.4 is 10.2 Å². The molecule has 1 atom stereocenters. The molecule has 13 heteroatoms. The maximum atomic E-state index is 13.6. The standard InChI is InChI=1S/C36H50N4O9/c1-25-10-11-32(37-22-25)40(35(45)31-9-8-20-46-31)30-12-17-39(18-13-30)19-16-36(14-6-5-7-15-36)21-33(44)38-34(49-28(4)43)29(23-47-26(2)41)24-48-27(3)42/h8-11,20,22,29-30,34H,5-7,12-19,21,23-24H2,1-4H3,(H,38,44). The highest BCUT2D eigenvalue weighted by Gasteiger charge is 2.38. The molecule has 4 rings (SSSR count). The number of hydrogen-bond acceptors (Lipinski definition) is 11. The Kier molecular flexibility index (Phi) is 13.7. The topological polar surface area (TPSA) is 158 Å². The fraction of sp³-hybridized carbons (Fsp3) is 0.611. The summed E-state index contributed by atoms with van der Waals surface area (Å²) in [4.78, 5) is 70.9. The fourth-order valence-corrected chi connectivity index (χ4v) is 6.84. The van der Waals surface area contributed by atoms with Gasteiger partial charge in [0.15, 0.2) is 12.0 Å². The van der Waals surface area contributed by atoms with Crippen LogP contribution in [-0.2, 0) is 33.4 Å². The van der Waals surface area contributed by atoms with Crippen molar-refractivity contribution in [2.75, 3.05) is 37.7 Å². The van der Waals surface area contributed by atoms with E-state index in [1.807, 2.05) is 19.1 Å². The SMILES string of the molecule is CC(=O)OCC(COC(C)=O)C(NC(=O)CC1(CCN2CCC(N(C(=O)c3ccco3)c3ccc(C)cn3)CC2)CCCCC1)OC(C)=O. The van der Waals surface area contributed by atoms with Gasteiger partial charge in [-0.05, 0) is 74.8 Å². The van der Waals surface area contributed by atoms with Crippen molar-refractivity contribution in [2.24, 2.45) is 11.3 Å². The monoisotopic (exact) mass is 682 g/mol. The van der Waals surface area contributed by atoms with Crippen LogP contribution in [0.4, 0.5) is 5.82 Å². The summed E-state index contributed by atoms with van der Waals surface area (Å²) >= 11 is 0. The quantitative estimate of drug-likeness (QED) is 0.159. The maximum Gasteiger partial charge on any atom is 0.304 e. The minimum absolute atomic E-state index is 0.0383. The molecule has 0 aromatic carbocycles. The van der Waals surface area contributed by atoms with Crippen LogP contribution in [0.3, 0.4) is 0 Å². The number of likely N-dealkylation sites (tertiary alicyclic amines) is 1. The molecule has 268 valence electrons. The first-order chi connectivity index (χ1) is 23.4. The van der Waals surface area contributed by atoms with Crippen LogP contribution in [0.1, 0.15) is 94.7 Å². The molecule has 1 aliphatic heterocycles. The van der Waals surface area contributed by atoms with Crippen molar-refractivity contribution in [3.8, 4) is 0 Å². The molecule has 0 spiro atoms. The van der Waals surface area contributed by atoms with Crippen LogP contribution in [0.5, 0.6) is 0 Å². The molecule has 1 saturated heterocycles.